The standard InChI is InChI=1S/C17H18F3N3O/c1-2-4-15-22-14-5-3-10-21-16(14)23(15)11-12-6-8-13(9-7-12)24-17(18,19)20/h3,5-6,8,10H,2,4,7,9,11H2,1H3. The summed E-state index contributed by atoms with van der Waals surface area (Å²) in [5.74, 6) is 0.905. The molecule has 2 aromatic rings. The lowest BCUT2D eigenvalue weighted by Gasteiger charge is -2.18. The monoisotopic (exact) mass is 337 g/mol. The average molecular weight is 337 g/mol. The molecule has 0 saturated heterocycles. The fraction of sp³-hybridized carbons (Fsp3) is 0.412. The Hall–Kier alpha value is -2.31. The van der Waals surface area contributed by atoms with E-state index in [4.69, 9.17) is 0 Å². The van der Waals surface area contributed by atoms with Gasteiger partial charge in [-0.05, 0) is 36.6 Å². The Balaban J connectivity index is 1.84. The van der Waals surface area contributed by atoms with E-state index < -0.39 is 6.36 Å². The number of ether oxygens (including phenoxy) is 1. The highest BCUT2D eigenvalue weighted by atomic mass is 19.4. The van der Waals surface area contributed by atoms with E-state index in [0.717, 1.165) is 35.4 Å². The van der Waals surface area contributed by atoms with Gasteiger partial charge >= 0.3 is 6.36 Å². The van der Waals surface area contributed by atoms with Gasteiger partial charge in [0.05, 0.1) is 0 Å². The van der Waals surface area contributed by atoms with E-state index in [1.165, 1.54) is 6.08 Å². The highest BCUT2D eigenvalue weighted by Gasteiger charge is 2.32. The summed E-state index contributed by atoms with van der Waals surface area (Å²) in [6.07, 6.45) is 2.77. The zero-order valence-corrected chi connectivity index (χ0v) is 13.3. The maximum atomic E-state index is 12.3. The zero-order valence-electron chi connectivity index (χ0n) is 13.3. The van der Waals surface area contributed by atoms with Crippen molar-refractivity contribution >= 4 is 11.2 Å². The fourth-order valence-corrected chi connectivity index (χ4v) is 2.82. The number of nitrogens with zero attached hydrogens (tertiary/aromatic N) is 3. The van der Waals surface area contributed by atoms with Crippen LogP contribution < -0.4 is 0 Å². The van der Waals surface area contributed by atoms with E-state index in [2.05, 4.69) is 21.6 Å². The van der Waals surface area contributed by atoms with Crippen molar-refractivity contribution in [2.45, 2.75) is 45.5 Å². The molecule has 0 N–H and O–H groups in total. The van der Waals surface area contributed by atoms with Crippen molar-refractivity contribution in [3.05, 3.63) is 47.6 Å². The minimum atomic E-state index is -4.63. The van der Waals surface area contributed by atoms with Gasteiger partial charge in [-0.3, -0.25) is 0 Å². The number of fused-ring (bicyclic) bond motifs is 1. The third kappa shape index (κ3) is 3.77. The second-order valence-electron chi connectivity index (χ2n) is 5.72. The van der Waals surface area contributed by atoms with E-state index >= 15 is 0 Å². The highest BCUT2D eigenvalue weighted by molar-refractivity contribution is 5.71. The van der Waals surface area contributed by atoms with Crippen molar-refractivity contribution in [3.63, 3.8) is 0 Å². The first-order valence-corrected chi connectivity index (χ1v) is 7.91. The van der Waals surface area contributed by atoms with Gasteiger partial charge in [0, 0.05) is 25.6 Å². The SMILES string of the molecule is CCCc1nc2cccnc2n1CC1=CC=C(OC(F)(F)F)CC1. The summed E-state index contributed by atoms with van der Waals surface area (Å²) in [5, 5.41) is 0. The molecule has 0 saturated carbocycles. The van der Waals surface area contributed by atoms with E-state index in [1.807, 2.05) is 16.7 Å². The van der Waals surface area contributed by atoms with Gasteiger partial charge in [-0.2, -0.15) is 0 Å². The second kappa shape index (κ2) is 6.67. The number of alkyl halides is 3. The number of hydrogen-bond donors (Lipinski definition) is 0. The van der Waals surface area contributed by atoms with Crippen LogP contribution in [0, 0.1) is 0 Å². The summed E-state index contributed by atoms with van der Waals surface area (Å²) in [5.41, 5.74) is 2.68. The molecule has 0 fully saturated rings. The molecule has 2 heterocycles. The largest absolute Gasteiger partial charge is 0.572 e. The summed E-state index contributed by atoms with van der Waals surface area (Å²) in [6.45, 7) is 2.67. The molecule has 7 heteroatoms. The van der Waals surface area contributed by atoms with Gasteiger partial charge in [-0.1, -0.05) is 13.0 Å². The lowest BCUT2D eigenvalue weighted by Crippen LogP contribution is -2.15. The Morgan fingerprint density at radius 3 is 2.75 bits per heavy atom. The first-order chi connectivity index (χ1) is 11.5. The van der Waals surface area contributed by atoms with Crippen LogP contribution in [0.5, 0.6) is 0 Å². The summed E-state index contributed by atoms with van der Waals surface area (Å²) < 4.78 is 42.8. The molecule has 0 bridgehead atoms. The number of allylic oxidation sites excluding steroid dienone is 4. The number of pyridine rings is 1. The molecular weight excluding hydrogens is 319 g/mol. The first-order valence-electron chi connectivity index (χ1n) is 7.91. The summed E-state index contributed by atoms with van der Waals surface area (Å²) >= 11 is 0. The van der Waals surface area contributed by atoms with E-state index in [-0.39, 0.29) is 12.2 Å². The molecule has 1 aliphatic rings. The van der Waals surface area contributed by atoms with Gasteiger partial charge in [0.2, 0.25) is 0 Å². The van der Waals surface area contributed by atoms with Crippen LogP contribution in [0.25, 0.3) is 11.2 Å². The zero-order chi connectivity index (χ0) is 17.2. The van der Waals surface area contributed by atoms with Crippen molar-refractivity contribution in [2.24, 2.45) is 0 Å². The molecule has 1 aliphatic carbocycles. The van der Waals surface area contributed by atoms with Crippen molar-refractivity contribution in [3.8, 4) is 0 Å². The Labute approximate surface area is 137 Å². The molecule has 4 nitrogen and oxygen atoms in total. The molecule has 0 amide bonds. The van der Waals surface area contributed by atoms with Crippen molar-refractivity contribution in [1.29, 1.82) is 0 Å². The maximum absolute atomic E-state index is 12.3. The van der Waals surface area contributed by atoms with Gasteiger partial charge in [-0.25, -0.2) is 9.97 Å². The number of hydrogen-bond acceptors (Lipinski definition) is 3. The Morgan fingerprint density at radius 1 is 1.25 bits per heavy atom. The van der Waals surface area contributed by atoms with Crippen LogP contribution in [-0.4, -0.2) is 20.9 Å². The van der Waals surface area contributed by atoms with Crippen LogP contribution >= 0.6 is 0 Å². The number of aromatic nitrogens is 3. The minimum Gasteiger partial charge on any atom is -0.410 e. The van der Waals surface area contributed by atoms with Crippen LogP contribution in [0.15, 0.2) is 41.8 Å². The Bertz CT molecular complexity index is 790. The fourth-order valence-electron chi connectivity index (χ4n) is 2.82. The summed E-state index contributed by atoms with van der Waals surface area (Å²) in [4.78, 5) is 9.01. The minimum absolute atomic E-state index is 0.0476. The van der Waals surface area contributed by atoms with Gasteiger partial charge in [0.1, 0.15) is 17.1 Å². The number of imidazole rings is 1. The molecule has 3 rings (SSSR count). The third-order valence-electron chi connectivity index (χ3n) is 3.86. The molecule has 24 heavy (non-hydrogen) atoms. The molecule has 0 spiro atoms. The van der Waals surface area contributed by atoms with Gasteiger partial charge in [0.15, 0.2) is 5.65 Å². The van der Waals surface area contributed by atoms with Gasteiger partial charge in [-0.15, -0.1) is 13.2 Å². The summed E-state index contributed by atoms with van der Waals surface area (Å²) in [7, 11) is 0. The van der Waals surface area contributed by atoms with E-state index in [0.29, 0.717) is 13.0 Å². The van der Waals surface area contributed by atoms with Crippen molar-refractivity contribution in [1.82, 2.24) is 14.5 Å². The van der Waals surface area contributed by atoms with Crippen molar-refractivity contribution < 1.29 is 17.9 Å². The summed E-state index contributed by atoms with van der Waals surface area (Å²) in [6, 6.07) is 3.77. The normalized spacial score (nSPS) is 15.3. The average Bonchev–Trinajstić information content (AvgIpc) is 2.86. The third-order valence-corrected chi connectivity index (χ3v) is 3.86. The molecule has 0 radical (unpaired) electrons. The molecule has 0 aromatic carbocycles. The topological polar surface area (TPSA) is 39.9 Å². The smallest absolute Gasteiger partial charge is 0.410 e. The van der Waals surface area contributed by atoms with Crippen LogP contribution in [0.3, 0.4) is 0 Å². The van der Waals surface area contributed by atoms with Crippen LogP contribution in [0.4, 0.5) is 13.2 Å². The number of halogens is 3. The highest BCUT2D eigenvalue weighted by Crippen LogP contribution is 2.28. The molecule has 0 atom stereocenters. The molecule has 0 unspecified atom stereocenters. The van der Waals surface area contributed by atoms with Crippen LogP contribution in [0.1, 0.15) is 32.0 Å². The van der Waals surface area contributed by atoms with Gasteiger partial charge < -0.3 is 9.30 Å². The maximum Gasteiger partial charge on any atom is 0.572 e. The van der Waals surface area contributed by atoms with Gasteiger partial charge in [0.25, 0.3) is 0 Å². The molecule has 0 aliphatic heterocycles. The number of rotatable bonds is 5. The molecular formula is C17H18F3N3O. The van der Waals surface area contributed by atoms with E-state index in [1.54, 1.807) is 12.3 Å². The lowest BCUT2D eigenvalue weighted by molar-refractivity contribution is -0.306. The predicted octanol–water partition coefficient (Wildman–Crippen LogP) is 4.52. The number of aryl methyl sites for hydroxylation is 1. The van der Waals surface area contributed by atoms with Crippen LogP contribution in [0.2, 0.25) is 0 Å². The lowest BCUT2D eigenvalue weighted by atomic mass is 10.0. The Kier molecular flexibility index (Phi) is 4.59. The molecule has 2 aromatic heterocycles. The second-order valence-corrected chi connectivity index (χ2v) is 5.72. The van der Waals surface area contributed by atoms with E-state index in [9.17, 15) is 13.2 Å². The molecule has 128 valence electrons. The van der Waals surface area contributed by atoms with Crippen molar-refractivity contribution in [2.75, 3.05) is 0 Å². The quantitative estimate of drug-likeness (QED) is 0.805. The predicted molar refractivity (Wildman–Crippen MR) is 84.1 cm³/mol. The Morgan fingerprint density at radius 2 is 2.08 bits per heavy atom. The first kappa shape index (κ1) is 16.5. The van der Waals surface area contributed by atoms with Crippen LogP contribution in [-0.2, 0) is 17.7 Å².